The molecule has 0 radical (unpaired) electrons. The molecule has 0 amide bonds. The number of aromatic nitrogens is 1. The van der Waals surface area contributed by atoms with Gasteiger partial charge in [-0.2, -0.15) is 0 Å². The zero-order valence-electron chi connectivity index (χ0n) is 9.53. The molecule has 1 N–H and O–H groups in total. The predicted octanol–water partition coefficient (Wildman–Crippen LogP) is 2.39. The van der Waals surface area contributed by atoms with Crippen LogP contribution in [0.25, 0.3) is 10.9 Å². The molecular weight excluding hydrogens is 225 g/mol. The summed E-state index contributed by atoms with van der Waals surface area (Å²) in [6.45, 7) is 1.67. The number of rotatable bonds is 3. The maximum absolute atomic E-state index is 13.8. The van der Waals surface area contributed by atoms with Gasteiger partial charge in [-0.3, -0.25) is 0 Å². The predicted molar refractivity (Wildman–Crippen MR) is 60.6 cm³/mol. The van der Waals surface area contributed by atoms with E-state index < -0.39 is 11.8 Å². The van der Waals surface area contributed by atoms with Crippen molar-refractivity contribution < 1.29 is 19.0 Å². The van der Waals surface area contributed by atoms with Crippen LogP contribution in [0, 0.1) is 12.7 Å². The first-order chi connectivity index (χ1) is 8.07. The molecule has 0 aliphatic heterocycles. The second-order valence-corrected chi connectivity index (χ2v) is 3.76. The SMILES string of the molecule is COCn1c(C(=O)O)c(C)c2cccc(F)c21. The highest BCUT2D eigenvalue weighted by molar-refractivity contribution is 5.98. The number of para-hydroxylation sites is 1. The van der Waals surface area contributed by atoms with Crippen LogP contribution in [0.15, 0.2) is 18.2 Å². The molecule has 0 fully saturated rings. The summed E-state index contributed by atoms with van der Waals surface area (Å²) in [6.07, 6.45) is 0. The number of hydrogen-bond acceptors (Lipinski definition) is 2. The Morgan fingerprint density at radius 2 is 2.24 bits per heavy atom. The van der Waals surface area contributed by atoms with Crippen LogP contribution in [0.5, 0.6) is 0 Å². The third-order valence-electron chi connectivity index (χ3n) is 2.75. The Balaban J connectivity index is 2.88. The Labute approximate surface area is 97.2 Å². The molecule has 0 saturated carbocycles. The number of carboxylic acid groups (broad SMARTS) is 1. The molecule has 0 aliphatic carbocycles. The lowest BCUT2D eigenvalue weighted by Gasteiger charge is -2.07. The Morgan fingerprint density at radius 1 is 1.53 bits per heavy atom. The first kappa shape index (κ1) is 11.6. The first-order valence-corrected chi connectivity index (χ1v) is 5.07. The summed E-state index contributed by atoms with van der Waals surface area (Å²) in [7, 11) is 1.44. The number of halogens is 1. The number of ether oxygens (including phenoxy) is 1. The summed E-state index contributed by atoms with van der Waals surface area (Å²) >= 11 is 0. The highest BCUT2D eigenvalue weighted by Crippen LogP contribution is 2.27. The lowest BCUT2D eigenvalue weighted by Crippen LogP contribution is -2.11. The van der Waals surface area contributed by atoms with E-state index in [0.717, 1.165) is 0 Å². The average molecular weight is 237 g/mol. The minimum atomic E-state index is -1.09. The molecule has 17 heavy (non-hydrogen) atoms. The molecular formula is C12H12FNO3. The van der Waals surface area contributed by atoms with E-state index in [9.17, 15) is 9.18 Å². The third kappa shape index (κ3) is 1.68. The van der Waals surface area contributed by atoms with Crippen LogP contribution in [0.2, 0.25) is 0 Å². The van der Waals surface area contributed by atoms with Crippen molar-refractivity contribution in [2.75, 3.05) is 7.11 Å². The maximum atomic E-state index is 13.8. The van der Waals surface area contributed by atoms with Gasteiger partial charge in [0, 0.05) is 12.5 Å². The highest BCUT2D eigenvalue weighted by atomic mass is 19.1. The number of benzene rings is 1. The summed E-state index contributed by atoms with van der Waals surface area (Å²) in [4.78, 5) is 11.2. The van der Waals surface area contributed by atoms with E-state index >= 15 is 0 Å². The zero-order chi connectivity index (χ0) is 12.6. The van der Waals surface area contributed by atoms with Crippen molar-refractivity contribution in [2.24, 2.45) is 0 Å². The van der Waals surface area contributed by atoms with Crippen LogP contribution in [0.3, 0.4) is 0 Å². The van der Waals surface area contributed by atoms with Crippen molar-refractivity contribution in [3.63, 3.8) is 0 Å². The average Bonchev–Trinajstić information content (AvgIpc) is 2.54. The van der Waals surface area contributed by atoms with E-state index in [1.54, 1.807) is 19.1 Å². The number of methoxy groups -OCH3 is 1. The number of aryl methyl sites for hydroxylation is 1. The molecule has 1 aromatic heterocycles. The number of fused-ring (bicyclic) bond motifs is 1. The Kier molecular flexibility index (Phi) is 2.85. The number of carbonyl (C=O) groups is 1. The maximum Gasteiger partial charge on any atom is 0.352 e. The molecule has 2 rings (SSSR count). The lowest BCUT2D eigenvalue weighted by atomic mass is 10.1. The molecule has 0 atom stereocenters. The fraction of sp³-hybridized carbons (Fsp3) is 0.250. The molecule has 0 bridgehead atoms. The minimum absolute atomic E-state index is 0.00685. The van der Waals surface area contributed by atoms with Gasteiger partial charge in [0.1, 0.15) is 18.2 Å². The number of aromatic carboxylic acids is 1. The van der Waals surface area contributed by atoms with Crippen LogP contribution in [0.1, 0.15) is 16.1 Å². The third-order valence-corrected chi connectivity index (χ3v) is 2.75. The van der Waals surface area contributed by atoms with E-state index in [1.165, 1.54) is 17.7 Å². The lowest BCUT2D eigenvalue weighted by molar-refractivity contribution is 0.0662. The smallest absolute Gasteiger partial charge is 0.352 e. The molecule has 1 heterocycles. The number of nitrogens with zero attached hydrogens (tertiary/aromatic N) is 1. The molecule has 90 valence electrons. The van der Waals surface area contributed by atoms with Crippen LogP contribution in [0.4, 0.5) is 4.39 Å². The zero-order valence-corrected chi connectivity index (χ0v) is 9.53. The number of carboxylic acids is 1. The van der Waals surface area contributed by atoms with E-state index in [4.69, 9.17) is 9.84 Å². The van der Waals surface area contributed by atoms with Gasteiger partial charge in [-0.15, -0.1) is 0 Å². The van der Waals surface area contributed by atoms with Gasteiger partial charge in [-0.05, 0) is 18.6 Å². The van der Waals surface area contributed by atoms with Crippen LogP contribution in [-0.4, -0.2) is 22.8 Å². The van der Waals surface area contributed by atoms with Gasteiger partial charge in [-0.25, -0.2) is 9.18 Å². The molecule has 5 heteroatoms. The molecule has 1 aromatic carbocycles. The van der Waals surface area contributed by atoms with Crippen LogP contribution >= 0.6 is 0 Å². The minimum Gasteiger partial charge on any atom is -0.477 e. The quantitative estimate of drug-likeness (QED) is 0.891. The van der Waals surface area contributed by atoms with Crippen LogP contribution in [-0.2, 0) is 11.5 Å². The van der Waals surface area contributed by atoms with Gasteiger partial charge in [0.25, 0.3) is 0 Å². The first-order valence-electron chi connectivity index (χ1n) is 5.07. The van der Waals surface area contributed by atoms with Crippen molar-refractivity contribution in [2.45, 2.75) is 13.7 Å². The Morgan fingerprint density at radius 3 is 2.82 bits per heavy atom. The monoisotopic (exact) mass is 237 g/mol. The second kappa shape index (κ2) is 4.18. The summed E-state index contributed by atoms with van der Waals surface area (Å²) in [6, 6.07) is 4.57. The van der Waals surface area contributed by atoms with Crippen molar-refractivity contribution in [3.05, 3.63) is 35.3 Å². The van der Waals surface area contributed by atoms with Gasteiger partial charge >= 0.3 is 5.97 Å². The van der Waals surface area contributed by atoms with E-state index in [0.29, 0.717) is 10.9 Å². The van der Waals surface area contributed by atoms with E-state index in [2.05, 4.69) is 0 Å². The van der Waals surface area contributed by atoms with Crippen molar-refractivity contribution in [3.8, 4) is 0 Å². The van der Waals surface area contributed by atoms with Gasteiger partial charge in [0.05, 0.1) is 5.52 Å². The van der Waals surface area contributed by atoms with E-state index in [-0.39, 0.29) is 17.9 Å². The fourth-order valence-corrected chi connectivity index (χ4v) is 2.07. The Bertz CT molecular complexity index is 589. The van der Waals surface area contributed by atoms with Gasteiger partial charge in [0.2, 0.25) is 0 Å². The molecule has 0 saturated heterocycles. The summed E-state index contributed by atoms with van der Waals surface area (Å²) in [5, 5.41) is 9.76. The molecule has 4 nitrogen and oxygen atoms in total. The van der Waals surface area contributed by atoms with Gasteiger partial charge in [-0.1, -0.05) is 12.1 Å². The van der Waals surface area contributed by atoms with Gasteiger partial charge in [0.15, 0.2) is 0 Å². The fourth-order valence-electron chi connectivity index (χ4n) is 2.07. The Hall–Kier alpha value is -1.88. The molecule has 0 spiro atoms. The molecule has 0 aliphatic rings. The highest BCUT2D eigenvalue weighted by Gasteiger charge is 2.21. The summed E-state index contributed by atoms with van der Waals surface area (Å²) < 4.78 is 20.0. The van der Waals surface area contributed by atoms with E-state index in [1.807, 2.05) is 0 Å². The normalized spacial score (nSPS) is 11.0. The van der Waals surface area contributed by atoms with Crippen molar-refractivity contribution >= 4 is 16.9 Å². The molecule has 2 aromatic rings. The van der Waals surface area contributed by atoms with Gasteiger partial charge < -0.3 is 14.4 Å². The van der Waals surface area contributed by atoms with Crippen molar-refractivity contribution in [1.29, 1.82) is 0 Å². The molecule has 0 unspecified atom stereocenters. The summed E-state index contributed by atoms with van der Waals surface area (Å²) in [5.74, 6) is -1.54. The second-order valence-electron chi connectivity index (χ2n) is 3.76. The standard InChI is InChI=1S/C12H12FNO3/c1-7-8-4-3-5-9(13)11(8)14(6-17-2)10(7)12(15)16/h3-5H,6H2,1-2H3,(H,15,16). The largest absolute Gasteiger partial charge is 0.477 e. The number of hydrogen-bond donors (Lipinski definition) is 1. The van der Waals surface area contributed by atoms with Crippen LogP contribution < -0.4 is 0 Å². The van der Waals surface area contributed by atoms with Crippen molar-refractivity contribution in [1.82, 2.24) is 4.57 Å². The summed E-state index contributed by atoms with van der Waals surface area (Å²) in [5.41, 5.74) is 0.875. The topological polar surface area (TPSA) is 51.5 Å².